The summed E-state index contributed by atoms with van der Waals surface area (Å²) in [5.41, 5.74) is 1.00. The summed E-state index contributed by atoms with van der Waals surface area (Å²) in [4.78, 5) is 11.1. The maximum absolute atomic E-state index is 11.1. The lowest BCUT2D eigenvalue weighted by molar-refractivity contribution is -0.118. The van der Waals surface area contributed by atoms with Crippen molar-refractivity contribution in [1.29, 1.82) is 0 Å². The Morgan fingerprint density at radius 2 is 2.06 bits per heavy atom. The summed E-state index contributed by atoms with van der Waals surface area (Å²) in [6, 6.07) is 9.60. The molecule has 1 aliphatic rings. The number of ether oxygens (including phenoxy) is 1. The molecular weight excluding hydrogens is 228 g/mol. The minimum atomic E-state index is -0.860. The third-order valence-corrected chi connectivity index (χ3v) is 2.46. The fourth-order valence-electron chi connectivity index (χ4n) is 1.23. The van der Waals surface area contributed by atoms with Crippen molar-refractivity contribution in [2.75, 3.05) is 0 Å². The summed E-state index contributed by atoms with van der Waals surface area (Å²) < 4.78 is 5.41. The number of nitrogens with zero attached hydrogens (tertiary/aromatic N) is 2. The molecule has 1 amide bonds. The van der Waals surface area contributed by atoms with Crippen LogP contribution in [0.25, 0.3) is 0 Å². The zero-order valence-corrected chi connectivity index (χ0v) is 9.09. The Morgan fingerprint density at radius 1 is 1.31 bits per heavy atom. The van der Waals surface area contributed by atoms with Crippen LogP contribution in [0, 0.1) is 0 Å². The van der Waals surface area contributed by atoms with Gasteiger partial charge in [-0.2, -0.15) is 5.11 Å². The normalized spacial score (nSPS) is 19.4. The van der Waals surface area contributed by atoms with Crippen LogP contribution in [0.5, 0.6) is 0 Å². The Hall–Kier alpha value is -1.68. The van der Waals surface area contributed by atoms with E-state index in [1.165, 1.54) is 6.20 Å². The molecule has 0 saturated heterocycles. The number of hydrogen-bond donors (Lipinski definition) is 0. The molecule has 1 unspecified atom stereocenters. The van der Waals surface area contributed by atoms with Gasteiger partial charge in [0.2, 0.25) is 0 Å². The van der Waals surface area contributed by atoms with Gasteiger partial charge in [0.05, 0.1) is 6.20 Å². The highest BCUT2D eigenvalue weighted by Gasteiger charge is 2.24. The molecule has 16 heavy (non-hydrogen) atoms. The van der Waals surface area contributed by atoms with Gasteiger partial charge in [0.25, 0.3) is 5.91 Å². The van der Waals surface area contributed by atoms with E-state index in [0.29, 0.717) is 12.4 Å². The van der Waals surface area contributed by atoms with Crippen LogP contribution in [0.2, 0.25) is 0 Å². The molecule has 2 rings (SSSR count). The Morgan fingerprint density at radius 3 is 2.81 bits per heavy atom. The predicted octanol–water partition coefficient (Wildman–Crippen LogP) is 2.64. The third kappa shape index (κ3) is 2.46. The number of halogens is 1. The molecule has 0 fully saturated rings. The van der Waals surface area contributed by atoms with Crippen LogP contribution in [0.3, 0.4) is 0 Å². The van der Waals surface area contributed by atoms with E-state index in [0.717, 1.165) is 5.56 Å². The van der Waals surface area contributed by atoms with Gasteiger partial charge in [-0.25, -0.2) is 0 Å². The highest BCUT2D eigenvalue weighted by Crippen LogP contribution is 2.19. The lowest BCUT2D eigenvalue weighted by atomic mass is 10.2. The lowest BCUT2D eigenvalue weighted by Gasteiger charge is -2.13. The largest absolute Gasteiger partial charge is 0.489 e. The molecule has 0 bridgehead atoms. The lowest BCUT2D eigenvalue weighted by Crippen LogP contribution is -2.18. The average Bonchev–Trinajstić information content (AvgIpc) is 2.32. The van der Waals surface area contributed by atoms with Gasteiger partial charge in [-0.05, 0) is 5.56 Å². The van der Waals surface area contributed by atoms with Gasteiger partial charge in [-0.15, -0.1) is 16.7 Å². The van der Waals surface area contributed by atoms with Crippen molar-refractivity contribution in [2.45, 2.75) is 12.0 Å². The van der Waals surface area contributed by atoms with Crippen molar-refractivity contribution >= 4 is 17.5 Å². The van der Waals surface area contributed by atoms with Gasteiger partial charge in [0.15, 0.2) is 5.38 Å². The molecule has 0 saturated carbocycles. The van der Waals surface area contributed by atoms with E-state index in [2.05, 4.69) is 10.2 Å². The van der Waals surface area contributed by atoms with Crippen molar-refractivity contribution in [3.05, 3.63) is 47.9 Å². The Kier molecular flexibility index (Phi) is 3.31. The molecule has 1 aromatic rings. The average molecular weight is 237 g/mol. The minimum absolute atomic E-state index is 0.338. The summed E-state index contributed by atoms with van der Waals surface area (Å²) in [5.74, 6) is -0.155. The van der Waals surface area contributed by atoms with Crippen LogP contribution in [0.4, 0.5) is 0 Å². The van der Waals surface area contributed by atoms with Gasteiger partial charge in [-0.3, -0.25) is 4.79 Å². The third-order valence-electron chi connectivity index (χ3n) is 2.06. The minimum Gasteiger partial charge on any atom is -0.489 e. The van der Waals surface area contributed by atoms with E-state index >= 15 is 0 Å². The monoisotopic (exact) mass is 236 g/mol. The van der Waals surface area contributed by atoms with E-state index in [4.69, 9.17) is 16.3 Å². The predicted molar refractivity (Wildman–Crippen MR) is 58.8 cm³/mol. The number of rotatable bonds is 3. The second kappa shape index (κ2) is 4.90. The van der Waals surface area contributed by atoms with Crippen molar-refractivity contribution in [2.24, 2.45) is 10.2 Å². The van der Waals surface area contributed by atoms with Crippen LogP contribution < -0.4 is 0 Å². The number of alkyl halides is 1. The Balaban J connectivity index is 1.98. The second-order valence-electron chi connectivity index (χ2n) is 3.22. The molecule has 0 aromatic heterocycles. The fourth-order valence-corrected chi connectivity index (χ4v) is 1.39. The van der Waals surface area contributed by atoms with Crippen molar-refractivity contribution < 1.29 is 9.53 Å². The quantitative estimate of drug-likeness (QED) is 0.758. The first-order valence-corrected chi connectivity index (χ1v) is 5.16. The van der Waals surface area contributed by atoms with Crippen LogP contribution in [-0.4, -0.2) is 11.3 Å². The van der Waals surface area contributed by atoms with E-state index < -0.39 is 11.3 Å². The summed E-state index contributed by atoms with van der Waals surface area (Å²) >= 11 is 5.80. The molecule has 1 heterocycles. The zero-order chi connectivity index (χ0) is 11.4. The van der Waals surface area contributed by atoms with Gasteiger partial charge in [0.1, 0.15) is 12.4 Å². The second-order valence-corrected chi connectivity index (χ2v) is 3.66. The van der Waals surface area contributed by atoms with Crippen LogP contribution >= 0.6 is 11.6 Å². The standard InChI is InChI=1S/C11H9ClN2O2/c12-10-9(6-13-14-11(10)15)16-7-8-4-2-1-3-5-8/h1-6,10H,7H2. The molecule has 82 valence electrons. The van der Waals surface area contributed by atoms with Crippen molar-refractivity contribution in [1.82, 2.24) is 0 Å². The number of amides is 1. The first kappa shape index (κ1) is 10.8. The fraction of sp³-hybridized carbons (Fsp3) is 0.182. The molecule has 0 spiro atoms. The maximum atomic E-state index is 11.1. The van der Waals surface area contributed by atoms with Gasteiger partial charge < -0.3 is 4.74 Å². The molecule has 4 nitrogen and oxygen atoms in total. The summed E-state index contributed by atoms with van der Waals surface area (Å²) in [7, 11) is 0. The molecule has 1 aromatic carbocycles. The number of azo groups is 1. The Labute approximate surface area is 97.6 Å². The summed E-state index contributed by atoms with van der Waals surface area (Å²) in [6.45, 7) is 0.360. The number of carbonyl (C=O) groups is 1. The SMILES string of the molecule is O=C1N=NC=C(OCc2ccccc2)C1Cl. The summed E-state index contributed by atoms with van der Waals surface area (Å²) in [6.07, 6.45) is 1.36. The molecule has 0 N–H and O–H groups in total. The highest BCUT2D eigenvalue weighted by atomic mass is 35.5. The zero-order valence-electron chi connectivity index (χ0n) is 8.34. The van der Waals surface area contributed by atoms with Crippen molar-refractivity contribution in [3.63, 3.8) is 0 Å². The first-order chi connectivity index (χ1) is 7.77. The molecule has 0 radical (unpaired) electrons. The number of carbonyl (C=O) groups excluding carboxylic acids is 1. The maximum Gasteiger partial charge on any atom is 0.290 e. The van der Waals surface area contributed by atoms with Gasteiger partial charge in [-0.1, -0.05) is 30.3 Å². The first-order valence-electron chi connectivity index (χ1n) is 4.73. The van der Waals surface area contributed by atoms with E-state index in [1.54, 1.807) is 0 Å². The molecule has 1 aliphatic heterocycles. The highest BCUT2D eigenvalue weighted by molar-refractivity contribution is 6.32. The Bertz CT molecular complexity index is 443. The summed E-state index contributed by atoms with van der Waals surface area (Å²) in [5, 5.41) is 5.96. The smallest absolute Gasteiger partial charge is 0.290 e. The van der Waals surface area contributed by atoms with E-state index in [9.17, 15) is 4.79 Å². The number of hydrogen-bond acceptors (Lipinski definition) is 3. The number of benzene rings is 1. The van der Waals surface area contributed by atoms with Crippen molar-refractivity contribution in [3.8, 4) is 0 Å². The van der Waals surface area contributed by atoms with Crippen LogP contribution in [-0.2, 0) is 16.1 Å². The molecule has 5 heteroatoms. The van der Waals surface area contributed by atoms with E-state index in [-0.39, 0.29) is 0 Å². The van der Waals surface area contributed by atoms with Gasteiger partial charge in [0, 0.05) is 0 Å². The molecule has 1 atom stereocenters. The topological polar surface area (TPSA) is 51.0 Å². The van der Waals surface area contributed by atoms with E-state index in [1.807, 2.05) is 30.3 Å². The molecular formula is C11H9ClN2O2. The van der Waals surface area contributed by atoms with Gasteiger partial charge >= 0.3 is 0 Å². The van der Waals surface area contributed by atoms with Crippen LogP contribution in [0.1, 0.15) is 5.56 Å². The van der Waals surface area contributed by atoms with Crippen LogP contribution in [0.15, 0.2) is 52.5 Å². The molecule has 0 aliphatic carbocycles.